The van der Waals surface area contributed by atoms with Crippen molar-refractivity contribution in [3.05, 3.63) is 0 Å². The molecule has 0 saturated carbocycles. The molecule has 0 aliphatic carbocycles. The summed E-state index contributed by atoms with van der Waals surface area (Å²) in [6, 6.07) is 0. The van der Waals surface area contributed by atoms with Crippen molar-refractivity contribution in [3.63, 3.8) is 0 Å². The van der Waals surface area contributed by atoms with Gasteiger partial charge in [0.05, 0.1) is 26.4 Å². The van der Waals surface area contributed by atoms with Crippen LogP contribution in [0.4, 0.5) is 0 Å². The van der Waals surface area contributed by atoms with Crippen molar-refractivity contribution >= 4 is 39.5 Å². The van der Waals surface area contributed by atoms with Crippen molar-refractivity contribution < 1.29 is 80.2 Å². The van der Waals surface area contributed by atoms with Gasteiger partial charge in [-0.2, -0.15) is 0 Å². The minimum Gasteiger partial charge on any atom is -0.462 e. The monoisotopic (exact) mass is 1470 g/mol. The highest BCUT2D eigenvalue weighted by molar-refractivity contribution is 7.47. The van der Waals surface area contributed by atoms with E-state index in [1.54, 1.807) is 0 Å². The standard InChI is InChI=1S/C81H158O17P2/c1-7-9-11-13-15-17-19-21-22-23-24-25-26-27-28-33-37-41-47-54-60-66-81(86)97-76(69-91-78(83)63-57-51-45-39-36-32-30-29-31-34-38-43-49-55-61-73(3)4)71-95-99(87,88)93-67-75(82)68-94-100(89,90)96-72-77(70-92-79(84)64-58-52-48-42-44-50-56-62-74(5)6)98-80(85)65-59-53-46-40-35-20-18-16-14-12-10-8-2/h73-77,82H,7-72H2,1-6H3,(H,87,88)(H,89,90)/t75-,76-,77-/m1/s1. The molecule has 0 spiro atoms. The number of esters is 4. The Morgan fingerprint density at radius 1 is 0.270 bits per heavy atom. The molecule has 0 rings (SSSR count). The number of phosphoric acid groups is 2. The number of rotatable bonds is 80. The van der Waals surface area contributed by atoms with E-state index in [1.165, 1.54) is 238 Å². The summed E-state index contributed by atoms with van der Waals surface area (Å²) >= 11 is 0. The number of carbonyl (C=O) groups excluding carboxylic acids is 4. The highest BCUT2D eigenvalue weighted by atomic mass is 31.2. The molecule has 594 valence electrons. The minimum atomic E-state index is -4.96. The zero-order chi connectivity index (χ0) is 73.5. The Bertz CT molecular complexity index is 1920. The number of hydrogen-bond acceptors (Lipinski definition) is 15. The summed E-state index contributed by atoms with van der Waals surface area (Å²) in [6.07, 6.45) is 62.6. The number of phosphoric ester groups is 2. The molecule has 17 nitrogen and oxygen atoms in total. The molecule has 0 aliphatic rings. The van der Waals surface area contributed by atoms with E-state index < -0.39 is 97.5 Å². The maximum Gasteiger partial charge on any atom is 0.472 e. The zero-order valence-corrected chi connectivity index (χ0v) is 67.3. The smallest absolute Gasteiger partial charge is 0.462 e. The van der Waals surface area contributed by atoms with E-state index in [2.05, 4.69) is 41.5 Å². The lowest BCUT2D eigenvalue weighted by Gasteiger charge is -2.21. The van der Waals surface area contributed by atoms with E-state index in [0.717, 1.165) is 102 Å². The Morgan fingerprint density at radius 3 is 0.680 bits per heavy atom. The van der Waals surface area contributed by atoms with Crippen LogP contribution in [0, 0.1) is 11.8 Å². The van der Waals surface area contributed by atoms with Crippen LogP contribution < -0.4 is 0 Å². The maximum atomic E-state index is 13.1. The fourth-order valence-corrected chi connectivity index (χ4v) is 14.1. The molecule has 3 N–H and O–H groups in total. The number of ether oxygens (including phenoxy) is 4. The lowest BCUT2D eigenvalue weighted by atomic mass is 10.0. The van der Waals surface area contributed by atoms with E-state index >= 15 is 0 Å². The summed E-state index contributed by atoms with van der Waals surface area (Å²) in [4.78, 5) is 73.0. The molecule has 0 radical (unpaired) electrons. The molecule has 0 bridgehead atoms. The van der Waals surface area contributed by atoms with Crippen LogP contribution in [0.3, 0.4) is 0 Å². The van der Waals surface area contributed by atoms with Gasteiger partial charge in [0.25, 0.3) is 0 Å². The third-order valence-electron chi connectivity index (χ3n) is 19.0. The SMILES string of the molecule is CCCCCCCCCCCCCCCCCCCCCCCC(=O)O[C@H](COC(=O)CCCCCCCCCCCCCCCCC(C)C)COP(=O)(O)OC[C@@H](O)COP(=O)(O)OC[C@@H](COC(=O)CCCCCCCCCC(C)C)OC(=O)CCCCCCCCCCCCCC. The topological polar surface area (TPSA) is 237 Å². The Balaban J connectivity index is 5.21. The molecule has 2 unspecified atom stereocenters. The molecule has 0 saturated heterocycles. The molecule has 100 heavy (non-hydrogen) atoms. The number of hydrogen-bond donors (Lipinski definition) is 3. The van der Waals surface area contributed by atoms with E-state index in [1.807, 2.05) is 0 Å². The first kappa shape index (κ1) is 98.1. The summed E-state index contributed by atoms with van der Waals surface area (Å²) in [5.74, 6) is -0.605. The van der Waals surface area contributed by atoms with Gasteiger partial charge in [0, 0.05) is 25.7 Å². The number of unbranched alkanes of at least 4 members (excludes halogenated alkanes) is 50. The first-order valence-electron chi connectivity index (χ1n) is 42.0. The highest BCUT2D eigenvalue weighted by Gasteiger charge is 2.30. The van der Waals surface area contributed by atoms with Crippen molar-refractivity contribution in [3.8, 4) is 0 Å². The predicted molar refractivity (Wildman–Crippen MR) is 409 cm³/mol. The van der Waals surface area contributed by atoms with Crippen molar-refractivity contribution in [1.82, 2.24) is 0 Å². The van der Waals surface area contributed by atoms with E-state index in [9.17, 15) is 43.2 Å². The van der Waals surface area contributed by atoms with Gasteiger partial charge in [0.2, 0.25) is 0 Å². The third kappa shape index (κ3) is 74.3. The average molecular weight is 1470 g/mol. The van der Waals surface area contributed by atoms with Gasteiger partial charge in [-0.3, -0.25) is 37.3 Å². The largest absolute Gasteiger partial charge is 0.472 e. The zero-order valence-electron chi connectivity index (χ0n) is 65.5. The minimum absolute atomic E-state index is 0.107. The molecule has 0 heterocycles. The van der Waals surface area contributed by atoms with Crippen LogP contribution in [0.15, 0.2) is 0 Å². The highest BCUT2D eigenvalue weighted by Crippen LogP contribution is 2.45. The lowest BCUT2D eigenvalue weighted by molar-refractivity contribution is -0.161. The number of aliphatic hydroxyl groups excluding tert-OH is 1. The maximum absolute atomic E-state index is 13.1. The molecule has 19 heteroatoms. The van der Waals surface area contributed by atoms with Crippen molar-refractivity contribution in [2.75, 3.05) is 39.6 Å². The first-order chi connectivity index (χ1) is 48.4. The van der Waals surface area contributed by atoms with Gasteiger partial charge in [0.15, 0.2) is 12.2 Å². The van der Waals surface area contributed by atoms with Gasteiger partial charge in [-0.05, 0) is 37.5 Å². The van der Waals surface area contributed by atoms with Crippen LogP contribution >= 0.6 is 15.6 Å². The van der Waals surface area contributed by atoms with Gasteiger partial charge < -0.3 is 33.8 Å². The van der Waals surface area contributed by atoms with E-state index in [4.69, 9.17) is 37.0 Å². The van der Waals surface area contributed by atoms with Crippen LogP contribution in [0.5, 0.6) is 0 Å². The normalized spacial score (nSPS) is 13.9. The Labute approximate surface area is 613 Å². The summed E-state index contributed by atoms with van der Waals surface area (Å²) < 4.78 is 68.7. The molecule has 0 aromatic rings. The second-order valence-corrected chi connectivity index (χ2v) is 33.0. The molecule has 0 aromatic heterocycles. The van der Waals surface area contributed by atoms with E-state index in [-0.39, 0.29) is 25.7 Å². The molecule has 0 fully saturated rings. The number of aliphatic hydroxyl groups is 1. The number of carbonyl (C=O) groups is 4. The Hall–Kier alpha value is -1.94. The van der Waals surface area contributed by atoms with Crippen LogP contribution in [-0.4, -0.2) is 96.7 Å². The van der Waals surface area contributed by atoms with Crippen molar-refractivity contribution in [2.24, 2.45) is 11.8 Å². The van der Waals surface area contributed by atoms with Crippen molar-refractivity contribution in [1.29, 1.82) is 0 Å². The molecule has 0 amide bonds. The average Bonchev–Trinajstić information content (AvgIpc) is 1.01. The van der Waals surface area contributed by atoms with Gasteiger partial charge in [0.1, 0.15) is 19.3 Å². The van der Waals surface area contributed by atoms with Gasteiger partial charge >= 0.3 is 39.5 Å². The molecular weight excluding hydrogens is 1310 g/mol. The van der Waals surface area contributed by atoms with Crippen molar-refractivity contribution in [2.45, 2.75) is 445 Å². The van der Waals surface area contributed by atoms with Crippen LogP contribution in [0.2, 0.25) is 0 Å². The summed E-state index contributed by atoms with van der Waals surface area (Å²) in [5, 5.41) is 10.6. The summed E-state index contributed by atoms with van der Waals surface area (Å²) in [5.41, 5.74) is 0. The van der Waals surface area contributed by atoms with Crippen LogP contribution in [0.1, 0.15) is 427 Å². The second-order valence-electron chi connectivity index (χ2n) is 30.1. The summed E-state index contributed by atoms with van der Waals surface area (Å²) in [7, 11) is -9.92. The van der Waals surface area contributed by atoms with E-state index in [0.29, 0.717) is 31.6 Å². The fourth-order valence-electron chi connectivity index (χ4n) is 12.5. The Morgan fingerprint density at radius 2 is 0.460 bits per heavy atom. The fraction of sp³-hybridized carbons (Fsp3) is 0.951. The quantitative estimate of drug-likeness (QED) is 0.0222. The summed E-state index contributed by atoms with van der Waals surface area (Å²) in [6.45, 7) is 9.60. The van der Waals surface area contributed by atoms with Crippen LogP contribution in [-0.2, 0) is 65.4 Å². The third-order valence-corrected chi connectivity index (χ3v) is 20.9. The molecule has 0 aromatic carbocycles. The molecular formula is C81H158O17P2. The predicted octanol–water partition coefficient (Wildman–Crippen LogP) is 24.3. The molecule has 5 atom stereocenters. The first-order valence-corrected chi connectivity index (χ1v) is 45.0. The molecule has 0 aliphatic heterocycles. The van der Waals surface area contributed by atoms with Gasteiger partial charge in [-0.15, -0.1) is 0 Å². The Kier molecular flexibility index (Phi) is 71.2. The van der Waals surface area contributed by atoms with Gasteiger partial charge in [-0.1, -0.05) is 375 Å². The second kappa shape index (κ2) is 72.6. The lowest BCUT2D eigenvalue weighted by Crippen LogP contribution is -2.30. The van der Waals surface area contributed by atoms with Gasteiger partial charge in [-0.25, -0.2) is 9.13 Å². The van der Waals surface area contributed by atoms with Crippen LogP contribution in [0.25, 0.3) is 0 Å².